The second-order valence-electron chi connectivity index (χ2n) is 4.99. The number of aryl methyl sites for hydroxylation is 1. The SMILES string of the molecule is CCC(N)C(OCCCC(F)(F)F)c1ccc(C)cc1. The molecule has 0 aliphatic heterocycles. The van der Waals surface area contributed by atoms with Gasteiger partial charge in [-0.1, -0.05) is 36.8 Å². The molecule has 0 heterocycles. The van der Waals surface area contributed by atoms with Crippen LogP contribution in [0.4, 0.5) is 13.2 Å². The molecule has 1 aromatic rings. The first-order valence-corrected chi connectivity index (χ1v) is 6.84. The van der Waals surface area contributed by atoms with Crippen molar-refractivity contribution in [2.45, 2.75) is 51.4 Å². The fourth-order valence-electron chi connectivity index (χ4n) is 1.92. The third-order valence-electron chi connectivity index (χ3n) is 3.17. The Kier molecular flexibility index (Phi) is 6.49. The maximum atomic E-state index is 12.1. The number of hydrogen-bond donors (Lipinski definition) is 1. The van der Waals surface area contributed by atoms with Crippen molar-refractivity contribution >= 4 is 0 Å². The van der Waals surface area contributed by atoms with Crippen molar-refractivity contribution in [2.75, 3.05) is 6.61 Å². The van der Waals surface area contributed by atoms with E-state index in [-0.39, 0.29) is 25.2 Å². The monoisotopic (exact) mass is 289 g/mol. The van der Waals surface area contributed by atoms with Gasteiger partial charge in [-0.2, -0.15) is 13.2 Å². The van der Waals surface area contributed by atoms with E-state index >= 15 is 0 Å². The Morgan fingerprint density at radius 2 is 1.80 bits per heavy atom. The Balaban J connectivity index is 2.59. The first-order valence-electron chi connectivity index (χ1n) is 6.84. The van der Waals surface area contributed by atoms with Crippen LogP contribution in [0.25, 0.3) is 0 Å². The second kappa shape index (κ2) is 7.64. The smallest absolute Gasteiger partial charge is 0.372 e. The number of nitrogens with two attached hydrogens (primary N) is 1. The van der Waals surface area contributed by atoms with Crippen molar-refractivity contribution < 1.29 is 17.9 Å². The molecule has 0 bridgehead atoms. The lowest BCUT2D eigenvalue weighted by molar-refractivity contribution is -0.139. The topological polar surface area (TPSA) is 35.2 Å². The minimum absolute atomic E-state index is 0.0394. The van der Waals surface area contributed by atoms with Crippen molar-refractivity contribution in [1.82, 2.24) is 0 Å². The van der Waals surface area contributed by atoms with Gasteiger partial charge in [-0.15, -0.1) is 0 Å². The standard InChI is InChI=1S/C15H22F3NO/c1-3-13(19)14(12-7-5-11(2)6-8-12)20-10-4-9-15(16,17)18/h5-8,13-14H,3-4,9-10,19H2,1-2H3. The van der Waals surface area contributed by atoms with Crippen LogP contribution in [0.2, 0.25) is 0 Å². The van der Waals surface area contributed by atoms with E-state index in [2.05, 4.69) is 0 Å². The normalized spacial score (nSPS) is 15.1. The molecule has 2 atom stereocenters. The molecule has 0 spiro atoms. The second-order valence-corrected chi connectivity index (χ2v) is 4.99. The summed E-state index contributed by atoms with van der Waals surface area (Å²) < 4.78 is 41.9. The predicted octanol–water partition coefficient (Wildman–Crippen LogP) is 4.13. The number of benzene rings is 1. The Labute approximate surface area is 118 Å². The third-order valence-corrected chi connectivity index (χ3v) is 3.17. The summed E-state index contributed by atoms with van der Waals surface area (Å²) in [7, 11) is 0. The highest BCUT2D eigenvalue weighted by Gasteiger charge is 2.26. The summed E-state index contributed by atoms with van der Waals surface area (Å²) in [6.45, 7) is 3.97. The van der Waals surface area contributed by atoms with Gasteiger partial charge in [-0.3, -0.25) is 0 Å². The Morgan fingerprint density at radius 1 is 1.20 bits per heavy atom. The van der Waals surface area contributed by atoms with E-state index in [1.807, 2.05) is 38.1 Å². The zero-order valence-electron chi connectivity index (χ0n) is 11.9. The van der Waals surface area contributed by atoms with E-state index in [0.717, 1.165) is 11.1 Å². The number of alkyl halides is 3. The van der Waals surface area contributed by atoms with Crippen LogP contribution in [-0.4, -0.2) is 18.8 Å². The molecule has 0 radical (unpaired) electrons. The maximum absolute atomic E-state index is 12.1. The van der Waals surface area contributed by atoms with Crippen LogP contribution in [0, 0.1) is 6.92 Å². The Bertz CT molecular complexity index is 389. The summed E-state index contributed by atoms with van der Waals surface area (Å²) >= 11 is 0. The summed E-state index contributed by atoms with van der Waals surface area (Å²) in [6, 6.07) is 7.51. The molecule has 0 aliphatic rings. The van der Waals surface area contributed by atoms with Crippen LogP contribution in [-0.2, 0) is 4.74 Å². The molecule has 114 valence electrons. The summed E-state index contributed by atoms with van der Waals surface area (Å²) in [5.41, 5.74) is 8.04. The van der Waals surface area contributed by atoms with Crippen LogP contribution in [0.15, 0.2) is 24.3 Å². The van der Waals surface area contributed by atoms with E-state index < -0.39 is 12.6 Å². The lowest BCUT2D eigenvalue weighted by atomic mass is 10.00. The van der Waals surface area contributed by atoms with Crippen LogP contribution in [0.3, 0.4) is 0 Å². The van der Waals surface area contributed by atoms with Gasteiger partial charge in [0.05, 0.1) is 6.10 Å². The van der Waals surface area contributed by atoms with Gasteiger partial charge < -0.3 is 10.5 Å². The van der Waals surface area contributed by atoms with Crippen molar-refractivity contribution in [2.24, 2.45) is 5.73 Å². The number of rotatable bonds is 7. The first-order chi connectivity index (χ1) is 9.33. The van der Waals surface area contributed by atoms with Crippen molar-refractivity contribution in [3.63, 3.8) is 0 Å². The van der Waals surface area contributed by atoms with E-state index in [1.54, 1.807) is 0 Å². The van der Waals surface area contributed by atoms with Crippen LogP contribution in [0.1, 0.15) is 43.4 Å². The number of hydrogen-bond acceptors (Lipinski definition) is 2. The Morgan fingerprint density at radius 3 is 2.30 bits per heavy atom. The molecule has 0 saturated carbocycles. The lowest BCUT2D eigenvalue weighted by Crippen LogP contribution is -2.30. The zero-order valence-corrected chi connectivity index (χ0v) is 11.9. The summed E-state index contributed by atoms with van der Waals surface area (Å²) in [6.07, 6.45) is -4.64. The van der Waals surface area contributed by atoms with Crippen molar-refractivity contribution in [1.29, 1.82) is 0 Å². The lowest BCUT2D eigenvalue weighted by Gasteiger charge is -2.24. The van der Waals surface area contributed by atoms with Crippen LogP contribution < -0.4 is 5.73 Å². The molecule has 5 heteroatoms. The number of halogens is 3. The van der Waals surface area contributed by atoms with E-state index in [1.165, 1.54) is 0 Å². The van der Waals surface area contributed by atoms with Crippen LogP contribution in [0.5, 0.6) is 0 Å². The molecule has 1 rings (SSSR count). The van der Waals surface area contributed by atoms with Gasteiger partial charge in [0.1, 0.15) is 0 Å². The zero-order chi connectivity index (χ0) is 15.2. The highest BCUT2D eigenvalue weighted by atomic mass is 19.4. The van der Waals surface area contributed by atoms with Gasteiger partial charge in [0, 0.05) is 19.1 Å². The van der Waals surface area contributed by atoms with Crippen molar-refractivity contribution in [3.05, 3.63) is 35.4 Å². The first kappa shape index (κ1) is 17.0. The molecule has 2 unspecified atom stereocenters. The Hall–Kier alpha value is -1.07. The largest absolute Gasteiger partial charge is 0.389 e. The quantitative estimate of drug-likeness (QED) is 0.766. The van der Waals surface area contributed by atoms with E-state index in [0.29, 0.717) is 6.42 Å². The van der Waals surface area contributed by atoms with Gasteiger partial charge in [-0.25, -0.2) is 0 Å². The molecule has 0 amide bonds. The molecular formula is C15H22F3NO. The predicted molar refractivity (Wildman–Crippen MR) is 73.4 cm³/mol. The maximum Gasteiger partial charge on any atom is 0.389 e. The summed E-state index contributed by atoms with van der Waals surface area (Å²) in [4.78, 5) is 0. The molecule has 2 nitrogen and oxygen atoms in total. The van der Waals surface area contributed by atoms with E-state index in [4.69, 9.17) is 10.5 Å². The van der Waals surface area contributed by atoms with Crippen molar-refractivity contribution in [3.8, 4) is 0 Å². The fourth-order valence-corrected chi connectivity index (χ4v) is 1.92. The molecular weight excluding hydrogens is 267 g/mol. The van der Waals surface area contributed by atoms with Gasteiger partial charge in [0.15, 0.2) is 0 Å². The average Bonchev–Trinajstić information content (AvgIpc) is 2.38. The molecule has 1 aromatic carbocycles. The summed E-state index contributed by atoms with van der Waals surface area (Å²) in [5.74, 6) is 0. The van der Waals surface area contributed by atoms with Crippen LogP contribution >= 0.6 is 0 Å². The molecule has 20 heavy (non-hydrogen) atoms. The van der Waals surface area contributed by atoms with Gasteiger partial charge >= 0.3 is 6.18 Å². The van der Waals surface area contributed by atoms with Gasteiger partial charge in [-0.05, 0) is 25.3 Å². The minimum atomic E-state index is -4.13. The third kappa shape index (κ3) is 5.92. The average molecular weight is 289 g/mol. The minimum Gasteiger partial charge on any atom is -0.372 e. The highest BCUT2D eigenvalue weighted by Crippen LogP contribution is 2.25. The fraction of sp³-hybridized carbons (Fsp3) is 0.600. The van der Waals surface area contributed by atoms with Gasteiger partial charge in [0.2, 0.25) is 0 Å². The molecule has 0 aromatic heterocycles. The highest BCUT2D eigenvalue weighted by molar-refractivity contribution is 5.24. The van der Waals surface area contributed by atoms with Gasteiger partial charge in [0.25, 0.3) is 0 Å². The molecule has 0 saturated heterocycles. The number of ether oxygens (including phenoxy) is 1. The van der Waals surface area contributed by atoms with E-state index in [9.17, 15) is 13.2 Å². The molecule has 0 aliphatic carbocycles. The summed E-state index contributed by atoms with van der Waals surface area (Å²) in [5, 5.41) is 0. The molecule has 2 N–H and O–H groups in total. The molecule has 0 fully saturated rings.